The van der Waals surface area contributed by atoms with Crippen molar-refractivity contribution in [1.29, 1.82) is 0 Å². The summed E-state index contributed by atoms with van der Waals surface area (Å²) >= 11 is 0. The van der Waals surface area contributed by atoms with Gasteiger partial charge in [-0.3, -0.25) is 0 Å². The number of aryl methyl sites for hydroxylation is 2. The highest BCUT2D eigenvalue weighted by molar-refractivity contribution is 5.91. The maximum absolute atomic E-state index is 13.0. The molecule has 3 aromatic rings. The smallest absolute Gasteiger partial charge is 0.343 e. The van der Waals surface area contributed by atoms with E-state index in [2.05, 4.69) is 44.8 Å². The summed E-state index contributed by atoms with van der Waals surface area (Å²) in [6.45, 7) is 13.7. The van der Waals surface area contributed by atoms with Crippen molar-refractivity contribution in [1.82, 2.24) is 0 Å². The molecule has 5 nitrogen and oxygen atoms in total. The summed E-state index contributed by atoms with van der Waals surface area (Å²) in [7, 11) is 0. The number of hydrogen-bond donors (Lipinski definition) is 0. The van der Waals surface area contributed by atoms with E-state index in [-0.39, 0.29) is 11.6 Å². The largest absolute Gasteiger partial charge is 0.487 e. The molecule has 1 aliphatic heterocycles. The van der Waals surface area contributed by atoms with Crippen molar-refractivity contribution in [3.05, 3.63) is 83.4 Å². The SMILES string of the molecule is Cc1cc2c(cc1OC(=O)c1ccc(N=Nc3ccccc3)cc1)CCC(C)(CCCC(C)CCCC(C)CCCC(C)C)O2. The summed E-state index contributed by atoms with van der Waals surface area (Å²) < 4.78 is 12.4. The number of azo groups is 1. The Kier molecular flexibility index (Phi) is 12.8. The second-order valence-electron chi connectivity index (χ2n) is 14.1. The Labute approximate surface area is 271 Å². The van der Waals surface area contributed by atoms with Gasteiger partial charge in [-0.25, -0.2) is 4.79 Å². The maximum Gasteiger partial charge on any atom is 0.343 e. The number of hydrogen-bond acceptors (Lipinski definition) is 5. The highest BCUT2D eigenvalue weighted by Gasteiger charge is 2.32. The molecular formula is C40H54N2O3. The van der Waals surface area contributed by atoms with Crippen LogP contribution in [0.2, 0.25) is 0 Å². The normalized spacial score (nSPS) is 17.6. The topological polar surface area (TPSA) is 60.2 Å². The fraction of sp³-hybridized carbons (Fsp3) is 0.525. The molecule has 0 aromatic heterocycles. The van der Waals surface area contributed by atoms with Crippen molar-refractivity contribution in [3.63, 3.8) is 0 Å². The predicted octanol–water partition coefficient (Wildman–Crippen LogP) is 12.2. The van der Waals surface area contributed by atoms with E-state index in [9.17, 15) is 4.79 Å². The fourth-order valence-corrected chi connectivity index (χ4v) is 6.23. The molecule has 0 saturated heterocycles. The minimum atomic E-state index is -0.388. The average Bonchev–Trinajstić information content (AvgIpc) is 3.01. The Balaban J connectivity index is 1.22. The van der Waals surface area contributed by atoms with E-state index in [4.69, 9.17) is 9.47 Å². The highest BCUT2D eigenvalue weighted by atomic mass is 16.5. The minimum Gasteiger partial charge on any atom is -0.487 e. The summed E-state index contributed by atoms with van der Waals surface area (Å²) in [5.74, 6) is 3.57. The second kappa shape index (κ2) is 16.7. The lowest BCUT2D eigenvalue weighted by molar-refractivity contribution is 0.0519. The molecule has 3 aromatic carbocycles. The van der Waals surface area contributed by atoms with Crippen LogP contribution in [0.5, 0.6) is 11.5 Å². The third kappa shape index (κ3) is 11.1. The van der Waals surface area contributed by atoms with Gasteiger partial charge in [0.15, 0.2) is 0 Å². The van der Waals surface area contributed by atoms with Gasteiger partial charge in [-0.15, -0.1) is 0 Å². The summed E-state index contributed by atoms with van der Waals surface area (Å²) in [5, 5.41) is 8.48. The van der Waals surface area contributed by atoms with Gasteiger partial charge in [-0.05, 0) is 117 Å². The first-order chi connectivity index (χ1) is 21.6. The predicted molar refractivity (Wildman–Crippen MR) is 185 cm³/mol. The number of ether oxygens (including phenoxy) is 2. The van der Waals surface area contributed by atoms with Gasteiger partial charge in [0.05, 0.1) is 16.9 Å². The van der Waals surface area contributed by atoms with E-state index in [0.29, 0.717) is 17.0 Å². The molecule has 0 amide bonds. The zero-order valence-corrected chi connectivity index (χ0v) is 28.5. The van der Waals surface area contributed by atoms with Gasteiger partial charge >= 0.3 is 5.97 Å². The van der Waals surface area contributed by atoms with E-state index >= 15 is 0 Å². The number of fused-ring (bicyclic) bond motifs is 1. The lowest BCUT2D eigenvalue weighted by Gasteiger charge is -2.36. The molecule has 45 heavy (non-hydrogen) atoms. The minimum absolute atomic E-state index is 0.151. The van der Waals surface area contributed by atoms with Crippen LogP contribution in [0.3, 0.4) is 0 Å². The molecule has 0 N–H and O–H groups in total. The molecule has 0 bridgehead atoms. The molecule has 1 aliphatic rings. The molecule has 4 rings (SSSR count). The summed E-state index contributed by atoms with van der Waals surface area (Å²) in [5.41, 5.74) is 3.77. The molecule has 1 heterocycles. The van der Waals surface area contributed by atoms with Crippen LogP contribution in [0.1, 0.15) is 120 Å². The Morgan fingerprint density at radius 2 is 1.42 bits per heavy atom. The number of carbonyl (C=O) groups excluding carboxylic acids is 1. The van der Waals surface area contributed by atoms with Crippen LogP contribution in [0.4, 0.5) is 11.4 Å². The van der Waals surface area contributed by atoms with E-state index in [1.165, 1.54) is 51.4 Å². The van der Waals surface area contributed by atoms with E-state index in [0.717, 1.165) is 59.6 Å². The lowest BCUT2D eigenvalue weighted by Crippen LogP contribution is -2.36. The summed E-state index contributed by atoms with van der Waals surface area (Å²) in [6, 6.07) is 20.6. The first-order valence-electron chi connectivity index (χ1n) is 17.2. The number of carbonyl (C=O) groups is 1. The van der Waals surface area contributed by atoms with E-state index in [1.807, 2.05) is 49.4 Å². The molecule has 0 fully saturated rings. The second-order valence-corrected chi connectivity index (χ2v) is 14.1. The summed E-state index contributed by atoms with van der Waals surface area (Å²) in [4.78, 5) is 13.0. The molecule has 0 aliphatic carbocycles. The van der Waals surface area contributed by atoms with Gasteiger partial charge in [-0.1, -0.05) is 90.8 Å². The van der Waals surface area contributed by atoms with Crippen molar-refractivity contribution < 1.29 is 14.3 Å². The van der Waals surface area contributed by atoms with Gasteiger partial charge in [0.1, 0.15) is 17.1 Å². The summed E-state index contributed by atoms with van der Waals surface area (Å²) in [6.07, 6.45) is 13.6. The molecular weight excluding hydrogens is 556 g/mol. The molecule has 242 valence electrons. The number of benzene rings is 3. The first-order valence-corrected chi connectivity index (χ1v) is 17.2. The van der Waals surface area contributed by atoms with Gasteiger partial charge in [0.2, 0.25) is 0 Å². The molecule has 3 unspecified atom stereocenters. The Hall–Kier alpha value is -3.47. The quantitative estimate of drug-likeness (QED) is 0.0921. The van der Waals surface area contributed by atoms with Gasteiger partial charge < -0.3 is 9.47 Å². The first kappa shape index (κ1) is 34.4. The number of nitrogens with zero attached hydrogens (tertiary/aromatic N) is 2. The third-order valence-electron chi connectivity index (χ3n) is 9.26. The standard InChI is InChI=1S/C40H54N2O3/c1-29(2)13-10-14-30(3)15-11-16-31(4)17-12-25-40(6)26-24-34-28-37(32(5)27-38(34)45-40)44-39(43)33-20-22-36(23-21-33)42-41-35-18-8-7-9-19-35/h7-9,18-23,27-31H,10-17,24-26H2,1-6H3. The highest BCUT2D eigenvalue weighted by Crippen LogP contribution is 2.40. The molecule has 0 spiro atoms. The van der Waals surface area contributed by atoms with Crippen LogP contribution >= 0.6 is 0 Å². The van der Waals surface area contributed by atoms with Crippen LogP contribution < -0.4 is 9.47 Å². The zero-order chi connectivity index (χ0) is 32.2. The lowest BCUT2D eigenvalue weighted by atomic mass is 9.86. The molecule has 0 radical (unpaired) electrons. The van der Waals surface area contributed by atoms with Crippen molar-refractivity contribution in [3.8, 4) is 11.5 Å². The van der Waals surface area contributed by atoms with Crippen LogP contribution in [-0.4, -0.2) is 11.6 Å². The van der Waals surface area contributed by atoms with Gasteiger partial charge in [-0.2, -0.15) is 10.2 Å². The van der Waals surface area contributed by atoms with Crippen LogP contribution in [0.25, 0.3) is 0 Å². The van der Waals surface area contributed by atoms with Crippen molar-refractivity contribution in [2.75, 3.05) is 0 Å². The van der Waals surface area contributed by atoms with E-state index < -0.39 is 0 Å². The Morgan fingerprint density at radius 1 is 0.822 bits per heavy atom. The monoisotopic (exact) mass is 610 g/mol. The number of rotatable bonds is 16. The van der Waals surface area contributed by atoms with Gasteiger partial charge in [0, 0.05) is 0 Å². The fourth-order valence-electron chi connectivity index (χ4n) is 6.23. The number of esters is 1. The van der Waals surface area contributed by atoms with Crippen molar-refractivity contribution in [2.45, 2.75) is 118 Å². The molecule has 3 atom stereocenters. The van der Waals surface area contributed by atoms with E-state index in [1.54, 1.807) is 24.3 Å². The third-order valence-corrected chi connectivity index (χ3v) is 9.26. The average molecular weight is 611 g/mol. The maximum atomic E-state index is 13.0. The van der Waals surface area contributed by atoms with Crippen LogP contribution in [0.15, 0.2) is 77.0 Å². The molecule has 5 heteroatoms. The Bertz CT molecular complexity index is 1380. The van der Waals surface area contributed by atoms with Crippen molar-refractivity contribution >= 4 is 17.3 Å². The zero-order valence-electron chi connectivity index (χ0n) is 28.5. The van der Waals surface area contributed by atoms with Gasteiger partial charge in [0.25, 0.3) is 0 Å². The van der Waals surface area contributed by atoms with Crippen LogP contribution in [-0.2, 0) is 6.42 Å². The molecule has 0 saturated carbocycles. The van der Waals surface area contributed by atoms with Crippen molar-refractivity contribution in [2.24, 2.45) is 28.0 Å². The Morgan fingerprint density at radius 3 is 2.07 bits per heavy atom. The van der Waals surface area contributed by atoms with Crippen LogP contribution in [0, 0.1) is 24.7 Å².